The van der Waals surface area contributed by atoms with E-state index in [0.29, 0.717) is 0 Å². The highest BCUT2D eigenvalue weighted by Gasteiger charge is 2.31. The smallest absolute Gasteiger partial charge is 0.0110 e. The number of hydrogen-bond donors (Lipinski definition) is 2. The first kappa shape index (κ1) is 11.7. The van der Waals surface area contributed by atoms with Crippen molar-refractivity contribution in [1.82, 2.24) is 5.32 Å². The molecule has 0 aromatic heterocycles. The normalized spacial score (nSPS) is 41.2. The summed E-state index contributed by atoms with van der Waals surface area (Å²) in [5, 5.41) is 4.75. The van der Waals surface area contributed by atoms with E-state index in [1.165, 1.54) is 38.5 Å². The Bertz CT molecular complexity index is 198. The third-order valence-corrected chi connectivity index (χ3v) is 5.22. The zero-order valence-corrected chi connectivity index (χ0v) is 10.6. The molecule has 3 heteroatoms. The highest BCUT2D eigenvalue weighted by Crippen LogP contribution is 2.31. The van der Waals surface area contributed by atoms with E-state index in [1.807, 2.05) is 11.8 Å². The van der Waals surface area contributed by atoms with Crippen molar-refractivity contribution in [2.24, 2.45) is 11.7 Å². The van der Waals surface area contributed by atoms with E-state index in [9.17, 15) is 0 Å². The second kappa shape index (κ2) is 5.55. The molecule has 0 spiro atoms. The molecule has 2 saturated carbocycles. The molecule has 0 aliphatic heterocycles. The van der Waals surface area contributed by atoms with Gasteiger partial charge in [0.05, 0.1) is 0 Å². The second-order valence-corrected chi connectivity index (χ2v) is 6.21. The summed E-state index contributed by atoms with van der Waals surface area (Å²) in [5.41, 5.74) is 5.81. The molecule has 2 nitrogen and oxygen atoms in total. The minimum absolute atomic E-state index is 0.723. The van der Waals surface area contributed by atoms with E-state index in [-0.39, 0.29) is 0 Å². The van der Waals surface area contributed by atoms with Gasteiger partial charge in [0.25, 0.3) is 0 Å². The van der Waals surface area contributed by atoms with E-state index >= 15 is 0 Å². The molecule has 3 N–H and O–H groups in total. The summed E-state index contributed by atoms with van der Waals surface area (Å²) >= 11 is 2.04. The molecule has 0 amide bonds. The molecule has 2 aliphatic carbocycles. The Hall–Kier alpha value is 0.270. The average molecular weight is 228 g/mol. The standard InChI is InChI=1S/C12H24N2S/c1-15-11-6-5-10(7-11)14-12-4-2-3-9(12)8-13/h9-12,14H,2-8,13H2,1H3. The van der Waals surface area contributed by atoms with Crippen LogP contribution in [0.1, 0.15) is 38.5 Å². The molecular formula is C12H24N2S. The molecule has 4 atom stereocenters. The second-order valence-electron chi connectivity index (χ2n) is 5.07. The van der Waals surface area contributed by atoms with E-state index in [1.54, 1.807) is 0 Å². The van der Waals surface area contributed by atoms with Gasteiger partial charge in [0.1, 0.15) is 0 Å². The molecule has 2 rings (SSSR count). The van der Waals surface area contributed by atoms with Crippen molar-refractivity contribution in [3.05, 3.63) is 0 Å². The number of nitrogens with one attached hydrogen (secondary N) is 1. The molecular weight excluding hydrogens is 204 g/mol. The quantitative estimate of drug-likeness (QED) is 0.773. The predicted molar refractivity (Wildman–Crippen MR) is 68.3 cm³/mol. The lowest BCUT2D eigenvalue weighted by Crippen LogP contribution is -2.41. The summed E-state index contributed by atoms with van der Waals surface area (Å²) < 4.78 is 0. The topological polar surface area (TPSA) is 38.0 Å². The molecule has 2 aliphatic rings. The minimum atomic E-state index is 0.723. The summed E-state index contributed by atoms with van der Waals surface area (Å²) in [6.45, 7) is 0.871. The lowest BCUT2D eigenvalue weighted by atomic mass is 10.0. The zero-order chi connectivity index (χ0) is 10.7. The highest BCUT2D eigenvalue weighted by molar-refractivity contribution is 7.99. The summed E-state index contributed by atoms with van der Waals surface area (Å²) in [4.78, 5) is 0. The van der Waals surface area contributed by atoms with Gasteiger partial charge in [-0.05, 0) is 50.8 Å². The van der Waals surface area contributed by atoms with Crippen molar-refractivity contribution in [2.75, 3.05) is 12.8 Å². The minimum Gasteiger partial charge on any atom is -0.330 e. The van der Waals surface area contributed by atoms with Crippen LogP contribution in [0.15, 0.2) is 0 Å². The van der Waals surface area contributed by atoms with Gasteiger partial charge in [0.2, 0.25) is 0 Å². The lowest BCUT2D eigenvalue weighted by Gasteiger charge is -2.24. The first-order valence-electron chi connectivity index (χ1n) is 6.32. The zero-order valence-electron chi connectivity index (χ0n) is 9.74. The Morgan fingerprint density at radius 1 is 1.27 bits per heavy atom. The van der Waals surface area contributed by atoms with E-state index in [2.05, 4.69) is 11.6 Å². The largest absolute Gasteiger partial charge is 0.330 e. The Kier molecular flexibility index (Phi) is 4.35. The van der Waals surface area contributed by atoms with Crippen LogP contribution in [0.25, 0.3) is 0 Å². The fraction of sp³-hybridized carbons (Fsp3) is 1.00. The van der Waals surface area contributed by atoms with Gasteiger partial charge >= 0.3 is 0 Å². The van der Waals surface area contributed by atoms with Crippen molar-refractivity contribution >= 4 is 11.8 Å². The summed E-state index contributed by atoms with van der Waals surface area (Å²) in [5.74, 6) is 0.748. The van der Waals surface area contributed by atoms with Gasteiger partial charge in [0, 0.05) is 17.3 Å². The molecule has 4 unspecified atom stereocenters. The van der Waals surface area contributed by atoms with E-state index < -0.39 is 0 Å². The van der Waals surface area contributed by atoms with Crippen molar-refractivity contribution in [3.63, 3.8) is 0 Å². The molecule has 15 heavy (non-hydrogen) atoms. The Labute approximate surface area is 97.8 Å². The van der Waals surface area contributed by atoms with Gasteiger partial charge in [-0.1, -0.05) is 6.42 Å². The molecule has 0 saturated heterocycles. The number of nitrogens with two attached hydrogens (primary N) is 1. The first-order valence-corrected chi connectivity index (χ1v) is 7.61. The molecule has 2 fully saturated rings. The number of thioether (sulfide) groups is 1. The maximum atomic E-state index is 5.81. The van der Waals surface area contributed by atoms with Gasteiger partial charge in [-0.2, -0.15) is 11.8 Å². The monoisotopic (exact) mass is 228 g/mol. The summed E-state index contributed by atoms with van der Waals surface area (Å²) in [6, 6.07) is 1.50. The van der Waals surface area contributed by atoms with Gasteiger partial charge in [-0.3, -0.25) is 0 Å². The first-order chi connectivity index (χ1) is 7.33. The predicted octanol–water partition coefficient (Wildman–Crippen LogP) is 1.99. The number of rotatable bonds is 4. The summed E-state index contributed by atoms with van der Waals surface area (Å²) in [7, 11) is 0. The Balaban J connectivity index is 1.77. The summed E-state index contributed by atoms with van der Waals surface area (Å²) in [6.07, 6.45) is 10.5. The van der Waals surface area contributed by atoms with Crippen molar-refractivity contribution in [3.8, 4) is 0 Å². The molecule has 0 bridgehead atoms. The van der Waals surface area contributed by atoms with Crippen LogP contribution in [-0.4, -0.2) is 30.1 Å². The van der Waals surface area contributed by atoms with Crippen molar-refractivity contribution < 1.29 is 0 Å². The van der Waals surface area contributed by atoms with Crippen LogP contribution in [0.4, 0.5) is 0 Å². The van der Waals surface area contributed by atoms with Crippen LogP contribution in [-0.2, 0) is 0 Å². The third kappa shape index (κ3) is 2.89. The third-order valence-electron chi connectivity index (χ3n) is 4.13. The fourth-order valence-electron chi connectivity index (χ4n) is 3.15. The van der Waals surface area contributed by atoms with Crippen molar-refractivity contribution in [1.29, 1.82) is 0 Å². The van der Waals surface area contributed by atoms with Crippen LogP contribution in [0.3, 0.4) is 0 Å². The maximum absolute atomic E-state index is 5.81. The van der Waals surface area contributed by atoms with Gasteiger partial charge in [-0.25, -0.2) is 0 Å². The lowest BCUT2D eigenvalue weighted by molar-refractivity contribution is 0.361. The molecule has 0 aromatic carbocycles. The fourth-order valence-corrected chi connectivity index (χ4v) is 3.94. The van der Waals surface area contributed by atoms with Crippen LogP contribution in [0, 0.1) is 5.92 Å². The molecule has 88 valence electrons. The average Bonchev–Trinajstić information content (AvgIpc) is 2.87. The molecule has 0 heterocycles. The van der Waals surface area contributed by atoms with Crippen LogP contribution < -0.4 is 11.1 Å². The molecule has 0 radical (unpaired) electrons. The van der Waals surface area contributed by atoms with Crippen LogP contribution in [0.5, 0.6) is 0 Å². The van der Waals surface area contributed by atoms with Crippen LogP contribution >= 0.6 is 11.8 Å². The van der Waals surface area contributed by atoms with Crippen LogP contribution in [0.2, 0.25) is 0 Å². The highest BCUT2D eigenvalue weighted by atomic mass is 32.2. The Morgan fingerprint density at radius 3 is 2.80 bits per heavy atom. The number of hydrogen-bond acceptors (Lipinski definition) is 3. The molecule has 0 aromatic rings. The van der Waals surface area contributed by atoms with Gasteiger partial charge < -0.3 is 11.1 Å². The SMILES string of the molecule is CSC1CCC(NC2CCCC2CN)C1. The van der Waals surface area contributed by atoms with E-state index in [0.717, 1.165) is 29.8 Å². The van der Waals surface area contributed by atoms with Gasteiger partial charge in [-0.15, -0.1) is 0 Å². The maximum Gasteiger partial charge on any atom is 0.0110 e. The van der Waals surface area contributed by atoms with Gasteiger partial charge in [0.15, 0.2) is 0 Å². The Morgan fingerprint density at radius 2 is 2.13 bits per heavy atom. The van der Waals surface area contributed by atoms with Crippen molar-refractivity contribution in [2.45, 2.75) is 55.9 Å². The van der Waals surface area contributed by atoms with E-state index in [4.69, 9.17) is 5.73 Å².